The molecule has 0 radical (unpaired) electrons. The van der Waals surface area contributed by atoms with Crippen molar-refractivity contribution in [3.8, 4) is 17.6 Å². The molecule has 8 heteroatoms. The molecule has 0 unspecified atom stereocenters. The van der Waals surface area contributed by atoms with Gasteiger partial charge in [-0.1, -0.05) is 0 Å². The van der Waals surface area contributed by atoms with Crippen molar-refractivity contribution in [2.45, 2.75) is 18.4 Å². The molecule has 0 atom stereocenters. The zero-order valence-corrected chi connectivity index (χ0v) is 15.7. The second-order valence-corrected chi connectivity index (χ2v) is 6.69. The number of ether oxygens (including phenoxy) is 2. The molecule has 2 aromatic carbocycles. The molecule has 146 valence electrons. The van der Waals surface area contributed by atoms with Crippen LogP contribution in [0.25, 0.3) is 0 Å². The fourth-order valence-corrected chi connectivity index (χ4v) is 3.49. The lowest BCUT2D eigenvalue weighted by Crippen LogP contribution is -2.43. The number of hydrogen-bond donors (Lipinski definition) is 1. The van der Waals surface area contributed by atoms with Gasteiger partial charge in [0.05, 0.1) is 36.0 Å². The van der Waals surface area contributed by atoms with Gasteiger partial charge in [-0.05, 0) is 36.6 Å². The number of benzene rings is 2. The zero-order valence-electron chi connectivity index (χ0n) is 15.7. The van der Waals surface area contributed by atoms with Gasteiger partial charge in [-0.2, -0.15) is 5.26 Å². The summed E-state index contributed by atoms with van der Waals surface area (Å²) in [6, 6.07) is 11.6. The Bertz CT molecular complexity index is 908. The molecule has 28 heavy (non-hydrogen) atoms. The predicted molar refractivity (Wildman–Crippen MR) is 103 cm³/mol. The van der Waals surface area contributed by atoms with Crippen LogP contribution in [-0.2, 0) is 5.60 Å². The van der Waals surface area contributed by atoms with Crippen molar-refractivity contribution in [2.75, 3.05) is 32.2 Å². The number of anilines is 1. The molecule has 0 spiro atoms. The maximum atomic E-state index is 11.2. The van der Waals surface area contributed by atoms with E-state index in [0.717, 1.165) is 0 Å². The van der Waals surface area contributed by atoms with Crippen molar-refractivity contribution in [3.05, 3.63) is 57.6 Å². The molecular formula is C20H21N3O5. The molecule has 2 aromatic rings. The number of non-ortho nitro benzene ring substituents is 1. The summed E-state index contributed by atoms with van der Waals surface area (Å²) in [6.45, 7) is 1.00. The quantitative estimate of drug-likeness (QED) is 0.624. The highest BCUT2D eigenvalue weighted by atomic mass is 16.6. The molecule has 0 saturated carbocycles. The third-order valence-corrected chi connectivity index (χ3v) is 5.13. The largest absolute Gasteiger partial charge is 0.497 e. The second-order valence-electron chi connectivity index (χ2n) is 6.69. The van der Waals surface area contributed by atoms with Gasteiger partial charge in [0.1, 0.15) is 17.6 Å². The van der Waals surface area contributed by atoms with Crippen molar-refractivity contribution in [2.24, 2.45) is 0 Å². The SMILES string of the molecule is COc1cc(OC)cc(C2(O)CCN(c3ccc([N+](=O)[O-])cc3C#N)CC2)c1. The molecular weight excluding hydrogens is 362 g/mol. The van der Waals surface area contributed by atoms with E-state index in [1.165, 1.54) is 12.1 Å². The monoisotopic (exact) mass is 383 g/mol. The molecule has 0 aliphatic carbocycles. The molecule has 1 heterocycles. The molecule has 1 aliphatic heterocycles. The highest BCUT2D eigenvalue weighted by Gasteiger charge is 2.35. The first-order valence-corrected chi connectivity index (χ1v) is 8.79. The number of piperidine rings is 1. The molecule has 0 bridgehead atoms. The lowest BCUT2D eigenvalue weighted by molar-refractivity contribution is -0.384. The van der Waals surface area contributed by atoms with Crippen molar-refractivity contribution in [1.82, 2.24) is 0 Å². The minimum Gasteiger partial charge on any atom is -0.497 e. The Kier molecular flexibility index (Phi) is 5.38. The summed E-state index contributed by atoms with van der Waals surface area (Å²) in [5, 5.41) is 31.5. The van der Waals surface area contributed by atoms with Gasteiger partial charge in [-0.25, -0.2) is 0 Å². The second kappa shape index (κ2) is 7.74. The average Bonchev–Trinajstić information content (AvgIpc) is 2.73. The normalized spacial score (nSPS) is 15.6. The summed E-state index contributed by atoms with van der Waals surface area (Å²) in [5.41, 5.74) is 0.442. The van der Waals surface area contributed by atoms with Crippen LogP contribution in [0, 0.1) is 21.4 Å². The van der Waals surface area contributed by atoms with E-state index in [2.05, 4.69) is 0 Å². The summed E-state index contributed by atoms with van der Waals surface area (Å²) in [4.78, 5) is 12.4. The van der Waals surface area contributed by atoms with E-state index in [1.807, 2.05) is 11.0 Å². The average molecular weight is 383 g/mol. The molecule has 8 nitrogen and oxygen atoms in total. The summed E-state index contributed by atoms with van der Waals surface area (Å²) in [7, 11) is 3.12. The van der Waals surface area contributed by atoms with Gasteiger partial charge in [0.2, 0.25) is 0 Å². The van der Waals surface area contributed by atoms with Crippen LogP contribution in [0.5, 0.6) is 11.5 Å². The van der Waals surface area contributed by atoms with E-state index in [4.69, 9.17) is 9.47 Å². The smallest absolute Gasteiger partial charge is 0.270 e. The fourth-order valence-electron chi connectivity index (χ4n) is 3.49. The maximum absolute atomic E-state index is 11.2. The zero-order chi connectivity index (χ0) is 20.3. The van der Waals surface area contributed by atoms with Crippen molar-refractivity contribution < 1.29 is 19.5 Å². The van der Waals surface area contributed by atoms with Crippen LogP contribution in [0.4, 0.5) is 11.4 Å². The number of hydrogen-bond acceptors (Lipinski definition) is 7. The Morgan fingerprint density at radius 3 is 2.25 bits per heavy atom. The Labute approximate surface area is 162 Å². The number of nitrogens with zero attached hydrogens (tertiary/aromatic N) is 3. The van der Waals surface area contributed by atoms with E-state index in [0.29, 0.717) is 48.7 Å². The van der Waals surface area contributed by atoms with Crippen molar-refractivity contribution in [3.63, 3.8) is 0 Å². The third kappa shape index (κ3) is 3.70. The highest BCUT2D eigenvalue weighted by molar-refractivity contribution is 5.63. The van der Waals surface area contributed by atoms with Gasteiger partial charge in [0, 0.05) is 31.3 Å². The van der Waals surface area contributed by atoms with E-state index in [-0.39, 0.29) is 11.3 Å². The topological polar surface area (TPSA) is 109 Å². The van der Waals surface area contributed by atoms with Gasteiger partial charge in [-0.3, -0.25) is 10.1 Å². The Morgan fingerprint density at radius 1 is 1.14 bits per heavy atom. The molecule has 1 saturated heterocycles. The van der Waals surface area contributed by atoms with E-state index in [1.54, 1.807) is 38.5 Å². The van der Waals surface area contributed by atoms with Gasteiger partial charge in [-0.15, -0.1) is 0 Å². The van der Waals surface area contributed by atoms with Gasteiger partial charge >= 0.3 is 0 Å². The summed E-state index contributed by atoms with van der Waals surface area (Å²) < 4.78 is 10.6. The fraction of sp³-hybridized carbons (Fsp3) is 0.350. The Hall–Kier alpha value is -3.31. The van der Waals surface area contributed by atoms with Crippen LogP contribution < -0.4 is 14.4 Å². The molecule has 1 N–H and O–H groups in total. The summed E-state index contributed by atoms with van der Waals surface area (Å²) >= 11 is 0. The molecule has 3 rings (SSSR count). The Balaban J connectivity index is 1.83. The first-order valence-electron chi connectivity index (χ1n) is 8.79. The van der Waals surface area contributed by atoms with Crippen LogP contribution in [0.3, 0.4) is 0 Å². The molecule has 0 amide bonds. The van der Waals surface area contributed by atoms with Crippen LogP contribution in [0.1, 0.15) is 24.0 Å². The summed E-state index contributed by atoms with van der Waals surface area (Å²) in [6.07, 6.45) is 0.871. The summed E-state index contributed by atoms with van der Waals surface area (Å²) in [5.74, 6) is 1.21. The van der Waals surface area contributed by atoms with Crippen molar-refractivity contribution in [1.29, 1.82) is 5.26 Å². The minimum atomic E-state index is -1.05. The lowest BCUT2D eigenvalue weighted by atomic mass is 9.84. The number of methoxy groups -OCH3 is 2. The maximum Gasteiger partial charge on any atom is 0.270 e. The number of nitro groups is 1. The molecule has 1 fully saturated rings. The Morgan fingerprint density at radius 2 is 1.75 bits per heavy atom. The predicted octanol–water partition coefficient (Wildman–Crippen LogP) is 2.97. The standard InChI is InChI=1S/C20H21N3O5/c1-27-17-10-15(11-18(12-17)28-2)20(24)5-7-22(8-6-20)19-4-3-16(23(25)26)9-14(19)13-21/h3-4,9-12,24H,5-8H2,1-2H3. The lowest BCUT2D eigenvalue weighted by Gasteiger charge is -2.40. The number of nitro benzene ring substituents is 1. The van der Waals surface area contributed by atoms with Gasteiger partial charge in [0.15, 0.2) is 0 Å². The van der Waals surface area contributed by atoms with Gasteiger partial charge < -0.3 is 19.5 Å². The van der Waals surface area contributed by atoms with Crippen LogP contribution in [-0.4, -0.2) is 37.3 Å². The number of aliphatic hydroxyl groups is 1. The number of rotatable bonds is 5. The minimum absolute atomic E-state index is 0.114. The van der Waals surface area contributed by atoms with Crippen LogP contribution in [0.2, 0.25) is 0 Å². The van der Waals surface area contributed by atoms with Crippen molar-refractivity contribution >= 4 is 11.4 Å². The molecule has 0 aromatic heterocycles. The number of nitriles is 1. The van der Waals surface area contributed by atoms with E-state index >= 15 is 0 Å². The van der Waals surface area contributed by atoms with E-state index < -0.39 is 10.5 Å². The first kappa shape index (κ1) is 19.5. The van der Waals surface area contributed by atoms with E-state index in [9.17, 15) is 20.5 Å². The first-order chi connectivity index (χ1) is 13.4. The van der Waals surface area contributed by atoms with Crippen LogP contribution >= 0.6 is 0 Å². The third-order valence-electron chi connectivity index (χ3n) is 5.13. The van der Waals surface area contributed by atoms with Crippen LogP contribution in [0.15, 0.2) is 36.4 Å². The van der Waals surface area contributed by atoms with Gasteiger partial charge in [0.25, 0.3) is 5.69 Å². The molecule has 1 aliphatic rings. The highest BCUT2D eigenvalue weighted by Crippen LogP contribution is 2.38.